The molecule has 1 aromatic carbocycles. The Balaban J connectivity index is 1.70. The summed E-state index contributed by atoms with van der Waals surface area (Å²) in [6.07, 6.45) is -1.18. The maximum atomic E-state index is 13.6. The van der Waals surface area contributed by atoms with E-state index >= 15 is 0 Å². The summed E-state index contributed by atoms with van der Waals surface area (Å²) in [5.74, 6) is -1.99. The van der Waals surface area contributed by atoms with Gasteiger partial charge < -0.3 is 20.9 Å². The quantitative estimate of drug-likeness (QED) is 0.526. The van der Waals surface area contributed by atoms with E-state index in [9.17, 15) is 32.8 Å². The fraction of sp³-hybridized carbons (Fsp3) is 0.500. The molecular formula is C24H26F3N5O3. The number of nitrogens with zero attached hydrogens (tertiary/aromatic N) is 2. The van der Waals surface area contributed by atoms with Crippen LogP contribution in [0.25, 0.3) is 10.9 Å². The predicted octanol–water partition coefficient (Wildman–Crippen LogP) is 3.02. The summed E-state index contributed by atoms with van der Waals surface area (Å²) in [4.78, 5) is 37.8. The molecule has 1 saturated carbocycles. The van der Waals surface area contributed by atoms with Gasteiger partial charge in [0.05, 0.1) is 17.1 Å². The van der Waals surface area contributed by atoms with Gasteiger partial charge in [0.1, 0.15) is 17.8 Å². The van der Waals surface area contributed by atoms with Gasteiger partial charge in [-0.2, -0.15) is 18.4 Å². The van der Waals surface area contributed by atoms with Crippen LogP contribution < -0.4 is 16.4 Å². The number of carbonyl (C=O) groups is 3. The molecule has 1 aliphatic heterocycles. The number of nitriles is 1. The van der Waals surface area contributed by atoms with Crippen molar-refractivity contribution in [3.63, 3.8) is 0 Å². The third-order valence-electron chi connectivity index (χ3n) is 6.70. The van der Waals surface area contributed by atoms with E-state index in [2.05, 4.69) is 10.6 Å². The lowest BCUT2D eigenvalue weighted by Crippen LogP contribution is -2.44. The molecular weight excluding hydrogens is 463 g/mol. The topological polar surface area (TPSA) is 130 Å². The van der Waals surface area contributed by atoms with Crippen LogP contribution in [0.2, 0.25) is 0 Å². The minimum Gasteiger partial charge on any atom is -0.364 e. The summed E-state index contributed by atoms with van der Waals surface area (Å²) in [6.45, 7) is 0.568. The van der Waals surface area contributed by atoms with Gasteiger partial charge in [0.2, 0.25) is 11.8 Å². The molecule has 1 saturated heterocycles. The van der Waals surface area contributed by atoms with Crippen molar-refractivity contribution in [2.24, 2.45) is 17.6 Å². The largest absolute Gasteiger partial charge is 0.417 e. The molecule has 1 aromatic heterocycles. The highest BCUT2D eigenvalue weighted by Crippen LogP contribution is 2.41. The molecule has 2 fully saturated rings. The van der Waals surface area contributed by atoms with Crippen LogP contribution in [0.15, 0.2) is 24.3 Å². The molecule has 0 spiro atoms. The number of rotatable bonds is 8. The van der Waals surface area contributed by atoms with Gasteiger partial charge >= 0.3 is 6.18 Å². The third-order valence-corrected chi connectivity index (χ3v) is 6.70. The monoisotopic (exact) mass is 489 g/mol. The van der Waals surface area contributed by atoms with Crippen molar-refractivity contribution in [2.75, 3.05) is 6.54 Å². The Kier molecular flexibility index (Phi) is 6.74. The van der Waals surface area contributed by atoms with E-state index in [4.69, 9.17) is 5.73 Å². The van der Waals surface area contributed by atoms with Gasteiger partial charge in [0, 0.05) is 17.8 Å². The third kappa shape index (κ3) is 5.26. The van der Waals surface area contributed by atoms with Crippen molar-refractivity contribution < 1.29 is 27.6 Å². The van der Waals surface area contributed by atoms with Gasteiger partial charge in [0.15, 0.2) is 0 Å². The molecule has 0 bridgehead atoms. The minimum atomic E-state index is -4.67. The zero-order chi connectivity index (χ0) is 25.3. The van der Waals surface area contributed by atoms with Gasteiger partial charge in [-0.25, -0.2) is 0 Å². The molecule has 2 aromatic rings. The van der Waals surface area contributed by atoms with E-state index < -0.39 is 41.6 Å². The highest BCUT2D eigenvalue weighted by atomic mass is 19.4. The Labute approximate surface area is 199 Å². The second kappa shape index (κ2) is 9.60. The van der Waals surface area contributed by atoms with E-state index in [1.807, 2.05) is 6.07 Å². The first-order valence-corrected chi connectivity index (χ1v) is 11.6. The number of aromatic nitrogens is 1. The number of fused-ring (bicyclic) bond motifs is 1. The van der Waals surface area contributed by atoms with Crippen molar-refractivity contribution >= 4 is 28.6 Å². The molecule has 3 amide bonds. The number of hydrogen-bond acceptors (Lipinski definition) is 4. The molecule has 4 N–H and O–H groups in total. The second-order valence-corrected chi connectivity index (χ2v) is 9.25. The Bertz CT molecular complexity index is 1200. The molecule has 11 heteroatoms. The zero-order valence-electron chi connectivity index (χ0n) is 18.9. The number of alkyl halides is 3. The van der Waals surface area contributed by atoms with Gasteiger partial charge in [-0.3, -0.25) is 14.4 Å². The van der Waals surface area contributed by atoms with Crippen LogP contribution in [0.3, 0.4) is 0 Å². The molecule has 8 nitrogen and oxygen atoms in total. The molecule has 35 heavy (non-hydrogen) atoms. The SMILES string of the molecule is N#C[C@H](C[C@@H]1CCCNC1=O)NC(=O)[C@H](CC1CC1)n1c(C(N)=O)cc2c(C(F)(F)F)cccc21. The minimum absolute atomic E-state index is 0.0644. The van der Waals surface area contributed by atoms with Gasteiger partial charge in [-0.1, -0.05) is 18.9 Å². The van der Waals surface area contributed by atoms with E-state index in [0.29, 0.717) is 13.0 Å². The summed E-state index contributed by atoms with van der Waals surface area (Å²) in [6, 6.07) is 4.62. The molecule has 186 valence electrons. The number of primary amides is 1. The smallest absolute Gasteiger partial charge is 0.364 e. The van der Waals surface area contributed by atoms with Crippen LogP contribution in [0.5, 0.6) is 0 Å². The van der Waals surface area contributed by atoms with Crippen LogP contribution >= 0.6 is 0 Å². The molecule has 2 heterocycles. The lowest BCUT2D eigenvalue weighted by Gasteiger charge is -2.26. The number of hydrogen-bond donors (Lipinski definition) is 3. The lowest BCUT2D eigenvalue weighted by molar-refractivity contribution is -0.136. The maximum Gasteiger partial charge on any atom is 0.417 e. The summed E-state index contributed by atoms with van der Waals surface area (Å²) in [5.41, 5.74) is 4.44. The number of halogens is 3. The summed E-state index contributed by atoms with van der Waals surface area (Å²) in [7, 11) is 0. The Hall–Kier alpha value is -3.55. The molecule has 1 aliphatic carbocycles. The van der Waals surface area contributed by atoms with Crippen LogP contribution in [0.4, 0.5) is 13.2 Å². The van der Waals surface area contributed by atoms with Crippen molar-refractivity contribution in [3.8, 4) is 6.07 Å². The highest BCUT2D eigenvalue weighted by molar-refractivity contribution is 6.00. The first-order chi connectivity index (χ1) is 16.6. The van der Waals surface area contributed by atoms with Crippen LogP contribution in [-0.4, -0.2) is 34.9 Å². The summed E-state index contributed by atoms with van der Waals surface area (Å²) in [5, 5.41) is 14.8. The summed E-state index contributed by atoms with van der Waals surface area (Å²) >= 11 is 0. The standard InChI is InChI=1S/C24H26F3N5O3/c25-24(26,27)17-4-1-5-18-16(17)11-19(21(29)33)32(18)20(9-13-6-7-13)23(35)31-15(12-28)10-14-3-2-8-30-22(14)34/h1,4-5,11,13-15,20H,2-3,6-10H2,(H2,29,33)(H,30,34)(H,31,35)/t14-,15-,20-/m0/s1. The van der Waals surface area contributed by atoms with E-state index in [1.54, 1.807) is 0 Å². The van der Waals surface area contributed by atoms with Crippen LogP contribution in [0, 0.1) is 23.2 Å². The van der Waals surface area contributed by atoms with Gasteiger partial charge in [-0.05, 0) is 49.8 Å². The lowest BCUT2D eigenvalue weighted by atomic mass is 9.92. The van der Waals surface area contributed by atoms with E-state index in [1.165, 1.54) is 16.7 Å². The number of carbonyl (C=O) groups excluding carboxylic acids is 3. The van der Waals surface area contributed by atoms with Crippen LogP contribution in [-0.2, 0) is 15.8 Å². The number of nitrogens with one attached hydrogen (secondary N) is 2. The van der Waals surface area contributed by atoms with Gasteiger partial charge in [0.25, 0.3) is 5.91 Å². The van der Waals surface area contributed by atoms with E-state index in [-0.39, 0.29) is 41.3 Å². The number of benzene rings is 1. The average molecular weight is 489 g/mol. The normalized spacial score (nSPS) is 20.1. The van der Waals surface area contributed by atoms with Crippen molar-refractivity contribution in [1.82, 2.24) is 15.2 Å². The Morgan fingerprint density at radius 3 is 2.60 bits per heavy atom. The van der Waals surface area contributed by atoms with Crippen molar-refractivity contribution in [2.45, 2.75) is 56.8 Å². The molecule has 2 aliphatic rings. The fourth-order valence-electron chi connectivity index (χ4n) is 4.78. The number of piperidine rings is 1. The fourth-order valence-corrected chi connectivity index (χ4v) is 4.78. The second-order valence-electron chi connectivity index (χ2n) is 9.25. The first-order valence-electron chi connectivity index (χ1n) is 11.6. The van der Waals surface area contributed by atoms with E-state index in [0.717, 1.165) is 31.4 Å². The van der Waals surface area contributed by atoms with Gasteiger partial charge in [-0.15, -0.1) is 0 Å². The zero-order valence-corrected chi connectivity index (χ0v) is 18.9. The number of amides is 3. The molecule has 4 rings (SSSR count). The summed E-state index contributed by atoms with van der Waals surface area (Å²) < 4.78 is 42.2. The van der Waals surface area contributed by atoms with Crippen LogP contribution in [0.1, 0.15) is 60.6 Å². The molecule has 0 radical (unpaired) electrons. The Morgan fingerprint density at radius 1 is 1.26 bits per heavy atom. The highest BCUT2D eigenvalue weighted by Gasteiger charge is 2.38. The van der Waals surface area contributed by atoms with Crippen molar-refractivity contribution in [3.05, 3.63) is 35.5 Å². The molecule has 0 unspecified atom stereocenters. The average Bonchev–Trinajstić information content (AvgIpc) is 3.54. The van der Waals surface area contributed by atoms with Crippen molar-refractivity contribution in [1.29, 1.82) is 5.26 Å². The molecule has 3 atom stereocenters. The predicted molar refractivity (Wildman–Crippen MR) is 120 cm³/mol. The Morgan fingerprint density at radius 2 is 2.00 bits per heavy atom. The first kappa shape index (κ1) is 24.6. The number of nitrogens with two attached hydrogens (primary N) is 1. The maximum absolute atomic E-state index is 13.6.